The Kier molecular flexibility index (Phi) is 4.21. The first-order valence-corrected chi connectivity index (χ1v) is 3.86. The van der Waals surface area contributed by atoms with Gasteiger partial charge in [-0.15, -0.1) is 0 Å². The molecule has 0 saturated heterocycles. The molecule has 0 aliphatic rings. The zero-order valence-corrected chi connectivity index (χ0v) is 7.08. The number of hydrogen-bond donors (Lipinski definition) is 2. The minimum atomic E-state index is -2.95. The predicted octanol–water partition coefficient (Wildman–Crippen LogP) is 2.10. The van der Waals surface area contributed by atoms with E-state index in [9.17, 15) is 13.3 Å². The van der Waals surface area contributed by atoms with Crippen molar-refractivity contribution in [2.75, 3.05) is 5.43 Å². The second-order valence-corrected chi connectivity index (χ2v) is 2.48. The van der Waals surface area contributed by atoms with Crippen LogP contribution in [0.25, 0.3) is 0 Å². The lowest BCUT2D eigenvalue weighted by Crippen LogP contribution is -2.40. The molecule has 0 radical (unpaired) electrons. The van der Waals surface area contributed by atoms with Gasteiger partial charge in [-0.3, -0.25) is 0 Å². The summed E-state index contributed by atoms with van der Waals surface area (Å²) in [7, 11) is 0. The Bertz CT molecular complexity index is 258. The molecule has 0 amide bonds. The monoisotopic (exact) mass is 206 g/mol. The molecule has 6 heteroatoms. The van der Waals surface area contributed by atoms with E-state index in [1.165, 1.54) is 0 Å². The fourth-order valence-corrected chi connectivity index (χ4v) is 0.800. The lowest BCUT2D eigenvalue weighted by atomic mass is 10.3. The highest BCUT2D eigenvalue weighted by Gasteiger charge is 2.21. The van der Waals surface area contributed by atoms with Crippen LogP contribution >= 0.6 is 0 Å². The van der Waals surface area contributed by atoms with Crippen molar-refractivity contribution >= 4 is 5.69 Å². The van der Waals surface area contributed by atoms with Crippen molar-refractivity contribution < 1.29 is 18.2 Å². The molecule has 1 aromatic carbocycles. The standard InChI is InChI=1S/C8H9F3N2O/c9-7(10)8(14-11)13-12-6-4-2-1-3-5-6/h1-5,7-8,12-13H/t8-/m1/s1. The summed E-state index contributed by atoms with van der Waals surface area (Å²) < 4.78 is 35.4. The van der Waals surface area contributed by atoms with E-state index in [1.54, 1.807) is 30.3 Å². The van der Waals surface area contributed by atoms with Crippen LogP contribution in [0.2, 0.25) is 0 Å². The molecule has 0 aromatic heterocycles. The molecule has 2 N–H and O–H groups in total. The second-order valence-electron chi connectivity index (χ2n) is 2.48. The smallest absolute Gasteiger partial charge is 0.282 e. The van der Waals surface area contributed by atoms with Gasteiger partial charge in [0.25, 0.3) is 6.43 Å². The van der Waals surface area contributed by atoms with Crippen LogP contribution < -0.4 is 10.9 Å². The summed E-state index contributed by atoms with van der Waals surface area (Å²) in [5.74, 6) is 0. The van der Waals surface area contributed by atoms with Gasteiger partial charge in [-0.05, 0) is 16.7 Å². The fourth-order valence-electron chi connectivity index (χ4n) is 0.800. The van der Waals surface area contributed by atoms with E-state index >= 15 is 0 Å². The van der Waals surface area contributed by atoms with Gasteiger partial charge in [-0.2, -0.15) is 4.94 Å². The molecule has 0 unspecified atom stereocenters. The van der Waals surface area contributed by atoms with Gasteiger partial charge in [0.05, 0.1) is 0 Å². The molecule has 3 nitrogen and oxygen atoms in total. The summed E-state index contributed by atoms with van der Waals surface area (Å²) in [5.41, 5.74) is 4.91. The summed E-state index contributed by atoms with van der Waals surface area (Å²) in [6.07, 6.45) is -4.92. The third-order valence-electron chi connectivity index (χ3n) is 1.46. The van der Waals surface area contributed by atoms with Crippen LogP contribution in [0.15, 0.2) is 30.3 Å². The van der Waals surface area contributed by atoms with Crippen molar-refractivity contribution in [1.82, 2.24) is 5.43 Å². The molecular formula is C8H9F3N2O. The largest absolute Gasteiger partial charge is 0.319 e. The molecule has 0 fully saturated rings. The number of halogens is 3. The third-order valence-corrected chi connectivity index (χ3v) is 1.46. The Hall–Kier alpha value is -1.27. The van der Waals surface area contributed by atoms with Crippen molar-refractivity contribution in [2.45, 2.75) is 12.7 Å². The van der Waals surface area contributed by atoms with Crippen molar-refractivity contribution in [3.63, 3.8) is 0 Å². The number of hydrogen-bond acceptors (Lipinski definition) is 3. The van der Waals surface area contributed by atoms with Crippen LogP contribution in [0.5, 0.6) is 0 Å². The molecule has 0 aliphatic carbocycles. The molecule has 0 saturated carbocycles. The van der Waals surface area contributed by atoms with Crippen LogP contribution in [0, 0.1) is 0 Å². The molecule has 1 aromatic rings. The normalized spacial score (nSPS) is 12.9. The van der Waals surface area contributed by atoms with Crippen LogP contribution in [0.1, 0.15) is 0 Å². The van der Waals surface area contributed by atoms with Crippen molar-refractivity contribution in [3.8, 4) is 0 Å². The Morgan fingerprint density at radius 1 is 1.14 bits per heavy atom. The first-order valence-electron chi connectivity index (χ1n) is 3.86. The summed E-state index contributed by atoms with van der Waals surface area (Å²) in [6.45, 7) is 0. The van der Waals surface area contributed by atoms with E-state index in [2.05, 4.69) is 10.4 Å². The predicted molar refractivity (Wildman–Crippen MR) is 45.2 cm³/mol. The quantitative estimate of drug-likeness (QED) is 0.571. The molecule has 1 atom stereocenters. The van der Waals surface area contributed by atoms with Gasteiger partial charge < -0.3 is 5.43 Å². The van der Waals surface area contributed by atoms with E-state index in [-0.39, 0.29) is 0 Å². The van der Waals surface area contributed by atoms with E-state index in [0.717, 1.165) is 0 Å². The highest BCUT2D eigenvalue weighted by Crippen LogP contribution is 2.06. The van der Waals surface area contributed by atoms with Crippen molar-refractivity contribution in [1.29, 1.82) is 0 Å². The van der Waals surface area contributed by atoms with Gasteiger partial charge in [-0.1, -0.05) is 18.2 Å². The van der Waals surface area contributed by atoms with E-state index in [0.29, 0.717) is 5.69 Å². The van der Waals surface area contributed by atoms with Gasteiger partial charge in [0.1, 0.15) is 0 Å². The maximum atomic E-state index is 11.9. The number of benzene rings is 1. The van der Waals surface area contributed by atoms with Crippen molar-refractivity contribution in [2.24, 2.45) is 0 Å². The summed E-state index contributed by atoms with van der Waals surface area (Å²) in [6, 6.07) is 8.44. The topological polar surface area (TPSA) is 33.3 Å². The fraction of sp³-hybridized carbons (Fsp3) is 0.250. The lowest BCUT2D eigenvalue weighted by Gasteiger charge is -2.14. The maximum absolute atomic E-state index is 11.9. The molecule has 14 heavy (non-hydrogen) atoms. The molecule has 0 bridgehead atoms. The maximum Gasteiger partial charge on any atom is 0.282 e. The van der Waals surface area contributed by atoms with E-state index < -0.39 is 12.7 Å². The third kappa shape index (κ3) is 3.23. The SMILES string of the molecule is FO[C@@H](NNc1ccccc1)C(F)F. The van der Waals surface area contributed by atoms with Crippen LogP contribution in [0.3, 0.4) is 0 Å². The molecule has 1 rings (SSSR count). The average molecular weight is 206 g/mol. The molecular weight excluding hydrogens is 197 g/mol. The van der Waals surface area contributed by atoms with Crippen LogP contribution in [-0.2, 0) is 4.94 Å². The first kappa shape index (κ1) is 10.8. The van der Waals surface area contributed by atoms with Crippen molar-refractivity contribution in [3.05, 3.63) is 30.3 Å². The van der Waals surface area contributed by atoms with E-state index in [1.807, 2.05) is 5.43 Å². The summed E-state index contributed by atoms with van der Waals surface area (Å²) >= 11 is 0. The Morgan fingerprint density at radius 3 is 2.29 bits per heavy atom. The Morgan fingerprint density at radius 2 is 1.79 bits per heavy atom. The number of anilines is 1. The molecule has 0 heterocycles. The zero-order chi connectivity index (χ0) is 10.4. The van der Waals surface area contributed by atoms with Gasteiger partial charge >= 0.3 is 0 Å². The van der Waals surface area contributed by atoms with Gasteiger partial charge in [0.2, 0.25) is 6.23 Å². The molecule has 78 valence electrons. The lowest BCUT2D eigenvalue weighted by molar-refractivity contribution is -0.225. The Balaban J connectivity index is 2.40. The Labute approximate surface area is 78.7 Å². The highest BCUT2D eigenvalue weighted by molar-refractivity contribution is 5.41. The van der Waals surface area contributed by atoms with Crippen LogP contribution in [-0.4, -0.2) is 12.7 Å². The highest BCUT2D eigenvalue weighted by atomic mass is 19.3. The average Bonchev–Trinajstić information content (AvgIpc) is 2.20. The number of para-hydroxylation sites is 1. The zero-order valence-electron chi connectivity index (χ0n) is 7.08. The summed E-state index contributed by atoms with van der Waals surface area (Å²) in [5, 5.41) is 0. The number of rotatable bonds is 5. The minimum Gasteiger partial charge on any atom is -0.319 e. The number of hydrazine groups is 1. The van der Waals surface area contributed by atoms with Gasteiger partial charge in [0, 0.05) is 5.69 Å². The molecule has 0 aliphatic heterocycles. The second kappa shape index (κ2) is 5.46. The van der Waals surface area contributed by atoms with Gasteiger partial charge in [0.15, 0.2) is 0 Å². The van der Waals surface area contributed by atoms with E-state index in [4.69, 9.17) is 0 Å². The van der Waals surface area contributed by atoms with Crippen LogP contribution in [0.4, 0.5) is 19.0 Å². The first-order chi connectivity index (χ1) is 6.74. The minimum absolute atomic E-state index is 0.537. The van der Waals surface area contributed by atoms with Gasteiger partial charge in [-0.25, -0.2) is 14.2 Å². The number of nitrogens with one attached hydrogen (secondary N) is 2. The molecule has 0 spiro atoms. The number of alkyl halides is 2. The summed E-state index contributed by atoms with van der Waals surface area (Å²) in [4.78, 5) is 3.01.